The molecule has 1 N–H and O–H groups in total. The number of fused-ring (bicyclic) bond motifs is 1. The van der Waals surface area contributed by atoms with Crippen molar-refractivity contribution in [3.63, 3.8) is 0 Å². The Labute approximate surface area is 437 Å². The monoisotopic (exact) mass is 1020 g/mol. The second kappa shape index (κ2) is 27.2. The molecule has 7 aliphatic carbocycles. The van der Waals surface area contributed by atoms with E-state index in [0.29, 0.717) is 43.4 Å². The Kier molecular flexibility index (Phi) is 26.5. The molecule has 420 valence electrons. The maximum Gasteiger partial charge on any atom is 0.327 e. The lowest BCUT2D eigenvalue weighted by Gasteiger charge is -2.59. The van der Waals surface area contributed by atoms with E-state index in [2.05, 4.69) is 19.9 Å². The van der Waals surface area contributed by atoms with E-state index in [1.807, 2.05) is 48.5 Å². The summed E-state index contributed by atoms with van der Waals surface area (Å²) in [7, 11) is 0. The number of aliphatic hydroxyl groups is 1. The highest BCUT2D eigenvalue weighted by molar-refractivity contribution is 5.85. The predicted octanol–water partition coefficient (Wildman–Crippen LogP) is 12.9. The fraction of sp³-hybridized carbons (Fsp3) is 0.879. The van der Waals surface area contributed by atoms with Gasteiger partial charge in [0.2, 0.25) is 0 Å². The van der Waals surface area contributed by atoms with Crippen molar-refractivity contribution in [3.8, 4) is 6.07 Å². The lowest BCUT2D eigenvalue weighted by atomic mass is 9.52. The van der Waals surface area contributed by atoms with Gasteiger partial charge in [0.1, 0.15) is 36.6 Å². The molecular formula is C58H105NO13. The molecule has 7 saturated carbocycles. The summed E-state index contributed by atoms with van der Waals surface area (Å²) in [5.74, 6) is -0.840. The van der Waals surface area contributed by atoms with Gasteiger partial charge in [0, 0.05) is 18.3 Å². The highest BCUT2D eigenvalue weighted by Crippen LogP contribution is 2.62. The SMILES string of the molecule is C.C.C.C.C.C.CCC(C)(C)C(=O)OC(C)(C)C1CCCCC1.CCC(C)(C)C(=O)OC12CC3CC(CC(O)(C3)C1)C2.CCC(C)(C)C(=O)OCCOC(=O)CCC(=O)OC1C2CC3C1OC(=O)C3(C#N)C2. The van der Waals surface area contributed by atoms with Crippen LogP contribution >= 0.6 is 0 Å². The van der Waals surface area contributed by atoms with Crippen LogP contribution in [0.1, 0.15) is 236 Å². The Bertz CT molecular complexity index is 1830. The quantitative estimate of drug-likeness (QED) is 0.0869. The number of hydrogen-bond acceptors (Lipinski definition) is 14. The van der Waals surface area contributed by atoms with Gasteiger partial charge in [0.15, 0.2) is 5.41 Å². The lowest BCUT2D eigenvalue weighted by molar-refractivity contribution is -0.225. The molecule has 0 aromatic carbocycles. The van der Waals surface area contributed by atoms with Crippen molar-refractivity contribution in [2.45, 2.75) is 265 Å². The fourth-order valence-electron chi connectivity index (χ4n) is 11.5. The van der Waals surface area contributed by atoms with Crippen LogP contribution in [0.3, 0.4) is 0 Å². The molecule has 7 atom stereocenters. The zero-order valence-electron chi connectivity index (χ0n) is 42.0. The molecule has 8 aliphatic rings. The predicted molar refractivity (Wildman–Crippen MR) is 283 cm³/mol. The summed E-state index contributed by atoms with van der Waals surface area (Å²) in [5, 5.41) is 20.0. The van der Waals surface area contributed by atoms with Crippen LogP contribution in [0.5, 0.6) is 0 Å². The van der Waals surface area contributed by atoms with Gasteiger partial charge in [0.05, 0.1) is 40.8 Å². The third kappa shape index (κ3) is 15.9. The smallest absolute Gasteiger partial charge is 0.327 e. The number of esters is 6. The van der Waals surface area contributed by atoms with E-state index in [4.69, 9.17) is 28.4 Å². The normalized spacial score (nSPS) is 29.2. The Hall–Kier alpha value is -3.73. The molecule has 1 saturated heterocycles. The largest absolute Gasteiger partial charge is 0.462 e. The van der Waals surface area contributed by atoms with Crippen molar-refractivity contribution in [1.82, 2.24) is 0 Å². The van der Waals surface area contributed by atoms with Gasteiger partial charge >= 0.3 is 35.8 Å². The van der Waals surface area contributed by atoms with Crippen LogP contribution in [0.4, 0.5) is 0 Å². The van der Waals surface area contributed by atoms with Crippen molar-refractivity contribution >= 4 is 35.8 Å². The highest BCUT2D eigenvalue weighted by Gasteiger charge is 2.72. The topological polar surface area (TPSA) is 202 Å². The summed E-state index contributed by atoms with van der Waals surface area (Å²) in [6.45, 7) is 21.3. The lowest BCUT2D eigenvalue weighted by Crippen LogP contribution is -2.61. The molecule has 0 aromatic heterocycles. The van der Waals surface area contributed by atoms with Gasteiger partial charge in [-0.3, -0.25) is 28.8 Å². The number of nitrogens with zero attached hydrogens (tertiary/aromatic N) is 1. The minimum absolute atomic E-state index is 0. The van der Waals surface area contributed by atoms with Crippen molar-refractivity contribution in [3.05, 3.63) is 0 Å². The number of carbonyl (C=O) groups is 6. The first-order chi connectivity index (χ1) is 30.7. The molecular weight excluding hydrogens is 919 g/mol. The molecule has 6 bridgehead atoms. The maximum atomic E-state index is 12.4. The van der Waals surface area contributed by atoms with Gasteiger partial charge in [-0.15, -0.1) is 0 Å². The van der Waals surface area contributed by atoms with Gasteiger partial charge in [-0.25, -0.2) is 0 Å². The summed E-state index contributed by atoms with van der Waals surface area (Å²) in [4.78, 5) is 72.3. The van der Waals surface area contributed by atoms with Gasteiger partial charge < -0.3 is 33.5 Å². The standard InChI is InChI=1S/C21H27NO8.C16H26O3.C15H28O2.6CH4/c1-4-20(2,3)18(25)28-8-7-27-14(23)5-6-15(24)29-16-12-9-13-17(16)30-19(26)21(13,10-12)11-22;1-4-14(2,3)13(17)19-16-8-11-5-12(9-16)7-15(18,6-11)10-16;1-6-14(2,3)13(16)17-15(4,5)12-10-8-7-9-11-12;;;;;;/h12-13,16-17H,4-10H2,1-3H3;11-12,18H,4-10H2,1-3H3;12H,6-11H2,1-5H3;6*1H4. The molecule has 0 aromatic rings. The molecule has 0 amide bonds. The first-order valence-corrected chi connectivity index (χ1v) is 25.0. The van der Waals surface area contributed by atoms with Crippen LogP contribution in [-0.2, 0) is 57.2 Å². The zero-order chi connectivity index (χ0) is 49.1. The van der Waals surface area contributed by atoms with Crippen LogP contribution in [0.15, 0.2) is 0 Å². The Morgan fingerprint density at radius 3 is 1.69 bits per heavy atom. The second-order valence-corrected chi connectivity index (χ2v) is 23.4. The number of hydrogen-bond donors (Lipinski definition) is 1. The van der Waals surface area contributed by atoms with Crippen LogP contribution in [-0.4, -0.2) is 83.1 Å². The van der Waals surface area contributed by atoms with Gasteiger partial charge in [-0.2, -0.15) is 5.26 Å². The first kappa shape index (κ1) is 70.3. The van der Waals surface area contributed by atoms with Crippen molar-refractivity contribution in [1.29, 1.82) is 5.26 Å². The van der Waals surface area contributed by atoms with E-state index >= 15 is 0 Å². The number of ether oxygens (including phenoxy) is 6. The van der Waals surface area contributed by atoms with E-state index in [-0.39, 0.29) is 117 Å². The van der Waals surface area contributed by atoms with Crippen LogP contribution < -0.4 is 0 Å². The number of carbonyl (C=O) groups excluding carboxylic acids is 6. The molecule has 0 radical (unpaired) electrons. The summed E-state index contributed by atoms with van der Waals surface area (Å²) in [6.07, 6.45) is 13.7. The maximum absolute atomic E-state index is 12.4. The zero-order valence-corrected chi connectivity index (χ0v) is 42.0. The van der Waals surface area contributed by atoms with E-state index < -0.39 is 52.0 Å². The first-order valence-electron chi connectivity index (χ1n) is 25.0. The second-order valence-electron chi connectivity index (χ2n) is 23.4. The van der Waals surface area contributed by atoms with Crippen molar-refractivity contribution < 1.29 is 62.3 Å². The van der Waals surface area contributed by atoms with Crippen LogP contribution in [0.25, 0.3) is 0 Å². The van der Waals surface area contributed by atoms with Crippen molar-refractivity contribution in [2.75, 3.05) is 13.2 Å². The molecule has 14 heteroatoms. The van der Waals surface area contributed by atoms with Crippen molar-refractivity contribution in [2.24, 2.45) is 51.2 Å². The summed E-state index contributed by atoms with van der Waals surface area (Å²) < 4.78 is 32.6. The molecule has 8 rings (SSSR count). The molecule has 72 heavy (non-hydrogen) atoms. The van der Waals surface area contributed by atoms with E-state index in [0.717, 1.165) is 38.5 Å². The van der Waals surface area contributed by atoms with E-state index in [9.17, 15) is 39.1 Å². The third-order valence-electron chi connectivity index (χ3n) is 16.7. The molecule has 7 unspecified atom stereocenters. The van der Waals surface area contributed by atoms with E-state index in [1.165, 1.54) is 38.5 Å². The summed E-state index contributed by atoms with van der Waals surface area (Å²) in [6, 6.07) is 2.10. The van der Waals surface area contributed by atoms with Crippen LogP contribution in [0, 0.1) is 62.6 Å². The third-order valence-corrected chi connectivity index (χ3v) is 16.7. The molecule has 1 aliphatic heterocycles. The highest BCUT2D eigenvalue weighted by atomic mass is 16.6. The Balaban J connectivity index is 0. The summed E-state index contributed by atoms with van der Waals surface area (Å²) >= 11 is 0. The summed E-state index contributed by atoms with van der Waals surface area (Å²) in [5.41, 5.74) is -3.66. The molecule has 14 nitrogen and oxygen atoms in total. The number of rotatable bonds is 16. The van der Waals surface area contributed by atoms with Crippen LogP contribution in [0.2, 0.25) is 0 Å². The van der Waals surface area contributed by atoms with E-state index in [1.54, 1.807) is 13.8 Å². The van der Waals surface area contributed by atoms with Gasteiger partial charge in [-0.1, -0.05) is 84.6 Å². The number of nitriles is 1. The molecule has 8 fully saturated rings. The Morgan fingerprint density at radius 1 is 0.681 bits per heavy atom. The van der Waals surface area contributed by atoms with Gasteiger partial charge in [-0.05, 0) is 150 Å². The molecule has 1 heterocycles. The Morgan fingerprint density at radius 2 is 1.18 bits per heavy atom. The minimum Gasteiger partial charge on any atom is -0.462 e. The average molecular weight is 1020 g/mol. The average Bonchev–Trinajstić information content (AvgIpc) is 3.86. The van der Waals surface area contributed by atoms with Gasteiger partial charge in [0.25, 0.3) is 0 Å². The molecule has 0 spiro atoms. The minimum atomic E-state index is -1.09. The fourth-order valence-corrected chi connectivity index (χ4v) is 11.5.